The summed E-state index contributed by atoms with van der Waals surface area (Å²) in [5, 5.41) is 10.8. The molecule has 0 aliphatic heterocycles. The van der Waals surface area contributed by atoms with E-state index in [0.717, 1.165) is 5.70 Å². The molecule has 66 valence electrons. The highest BCUT2D eigenvalue weighted by atomic mass is 15.2. The zero-order chi connectivity index (χ0) is 9.68. The van der Waals surface area contributed by atoms with Crippen LogP contribution in [0.3, 0.4) is 0 Å². The highest BCUT2D eigenvalue weighted by molar-refractivity contribution is 5.40. The van der Waals surface area contributed by atoms with Crippen molar-refractivity contribution in [3.8, 4) is 11.8 Å². The summed E-state index contributed by atoms with van der Waals surface area (Å²) < 4.78 is 0. The summed E-state index contributed by atoms with van der Waals surface area (Å²) in [4.78, 5) is 0. The maximum absolute atomic E-state index is 3.91. The minimum Gasteiger partial charge on any atom is -0.343 e. The Morgan fingerprint density at radius 2 is 2.23 bits per heavy atom. The van der Waals surface area contributed by atoms with Gasteiger partial charge < -0.3 is 5.32 Å². The number of allylic oxidation sites excluding steroid dienone is 1. The van der Waals surface area contributed by atoms with Gasteiger partial charge in [-0.1, -0.05) is 12.5 Å². The third-order valence-corrected chi connectivity index (χ3v) is 1.26. The number of hydrogen-bond acceptors (Lipinski definition) is 3. The average Bonchev–Trinajstić information content (AvgIpc) is 2.08. The Morgan fingerprint density at radius 1 is 1.46 bits per heavy atom. The average molecular weight is 173 g/mol. The summed E-state index contributed by atoms with van der Waals surface area (Å²) in [5.74, 6) is 6.26. The first-order valence-corrected chi connectivity index (χ1v) is 3.91. The molecule has 0 bridgehead atoms. The van der Waals surface area contributed by atoms with Crippen LogP contribution in [0.15, 0.2) is 24.4 Å². The first-order chi connectivity index (χ1) is 6.22. The summed E-state index contributed by atoms with van der Waals surface area (Å²) >= 11 is 0. The van der Waals surface area contributed by atoms with E-state index in [1.807, 2.05) is 19.1 Å². The van der Waals surface area contributed by atoms with Gasteiger partial charge in [-0.15, -0.1) is 10.2 Å². The van der Waals surface area contributed by atoms with Crippen LogP contribution in [-0.2, 0) is 0 Å². The molecule has 1 N–H and O–H groups in total. The number of rotatable bonds is 2. The van der Waals surface area contributed by atoms with Gasteiger partial charge in [-0.3, -0.25) is 0 Å². The van der Waals surface area contributed by atoms with Gasteiger partial charge in [-0.05, 0) is 31.9 Å². The fourth-order valence-corrected chi connectivity index (χ4v) is 0.812. The van der Waals surface area contributed by atoms with E-state index in [-0.39, 0.29) is 0 Å². The molecule has 3 nitrogen and oxygen atoms in total. The quantitative estimate of drug-likeness (QED) is 0.693. The van der Waals surface area contributed by atoms with Crippen LogP contribution in [0.4, 0.5) is 5.82 Å². The second-order valence-electron chi connectivity index (χ2n) is 2.58. The molecular formula is C10H11N3. The lowest BCUT2D eigenvalue weighted by Crippen LogP contribution is -1.98. The summed E-state index contributed by atoms with van der Waals surface area (Å²) in [6.45, 7) is 7.33. The van der Waals surface area contributed by atoms with Crippen LogP contribution in [0.2, 0.25) is 0 Å². The van der Waals surface area contributed by atoms with Gasteiger partial charge in [-0.25, -0.2) is 0 Å². The summed E-state index contributed by atoms with van der Waals surface area (Å²) in [5.41, 5.74) is 1.51. The molecule has 0 aliphatic rings. The van der Waals surface area contributed by atoms with E-state index >= 15 is 0 Å². The van der Waals surface area contributed by atoms with Gasteiger partial charge in [0.2, 0.25) is 0 Å². The predicted octanol–water partition coefficient (Wildman–Crippen LogP) is 1.79. The molecule has 0 fully saturated rings. The van der Waals surface area contributed by atoms with Crippen molar-refractivity contribution in [2.24, 2.45) is 0 Å². The Bertz CT molecular complexity index is 354. The van der Waals surface area contributed by atoms with E-state index in [1.165, 1.54) is 0 Å². The van der Waals surface area contributed by atoms with Crippen LogP contribution in [-0.4, -0.2) is 10.2 Å². The normalized spacial score (nSPS) is 8.46. The first kappa shape index (κ1) is 9.27. The largest absolute Gasteiger partial charge is 0.343 e. The maximum Gasteiger partial charge on any atom is 0.152 e. The molecule has 0 spiro atoms. The zero-order valence-electron chi connectivity index (χ0n) is 7.76. The Labute approximate surface area is 77.9 Å². The highest BCUT2D eigenvalue weighted by Crippen LogP contribution is 2.03. The standard InChI is InChI=1S/C10H11N3/c1-4-5-9-6-7-10(13-12-9)11-8(2)3/h6-7H,2H2,1,3H3,(H,11,13). The van der Waals surface area contributed by atoms with Crippen LogP contribution in [0.5, 0.6) is 0 Å². The molecule has 0 atom stereocenters. The van der Waals surface area contributed by atoms with Crippen molar-refractivity contribution in [3.63, 3.8) is 0 Å². The van der Waals surface area contributed by atoms with Gasteiger partial charge in [0, 0.05) is 5.70 Å². The van der Waals surface area contributed by atoms with Crippen molar-refractivity contribution in [1.82, 2.24) is 10.2 Å². The van der Waals surface area contributed by atoms with E-state index in [9.17, 15) is 0 Å². The lowest BCUT2D eigenvalue weighted by atomic mass is 10.4. The van der Waals surface area contributed by atoms with Crippen molar-refractivity contribution in [3.05, 3.63) is 30.1 Å². The second-order valence-corrected chi connectivity index (χ2v) is 2.58. The van der Waals surface area contributed by atoms with E-state index in [4.69, 9.17) is 0 Å². The smallest absolute Gasteiger partial charge is 0.152 e. The molecule has 1 heterocycles. The van der Waals surface area contributed by atoms with E-state index in [0.29, 0.717) is 11.5 Å². The Morgan fingerprint density at radius 3 is 2.69 bits per heavy atom. The van der Waals surface area contributed by atoms with Crippen molar-refractivity contribution in [2.75, 3.05) is 5.32 Å². The minimum atomic E-state index is 0.676. The molecular weight excluding hydrogens is 162 g/mol. The summed E-state index contributed by atoms with van der Waals surface area (Å²) in [6.07, 6.45) is 0. The van der Waals surface area contributed by atoms with Gasteiger partial charge in [0.1, 0.15) is 5.69 Å². The third kappa shape index (κ3) is 2.96. The van der Waals surface area contributed by atoms with Crippen LogP contribution in [0.1, 0.15) is 19.5 Å². The van der Waals surface area contributed by atoms with Gasteiger partial charge in [0.15, 0.2) is 5.82 Å². The van der Waals surface area contributed by atoms with Crippen LogP contribution in [0, 0.1) is 11.8 Å². The number of nitrogens with one attached hydrogen (secondary N) is 1. The monoisotopic (exact) mass is 173 g/mol. The van der Waals surface area contributed by atoms with Crippen molar-refractivity contribution < 1.29 is 0 Å². The predicted molar refractivity (Wildman–Crippen MR) is 53.0 cm³/mol. The van der Waals surface area contributed by atoms with Gasteiger partial charge in [-0.2, -0.15) is 0 Å². The third-order valence-electron chi connectivity index (χ3n) is 1.26. The molecule has 0 saturated carbocycles. The zero-order valence-corrected chi connectivity index (χ0v) is 7.76. The molecule has 3 heteroatoms. The van der Waals surface area contributed by atoms with Gasteiger partial charge >= 0.3 is 0 Å². The van der Waals surface area contributed by atoms with Crippen molar-refractivity contribution >= 4 is 5.82 Å². The van der Waals surface area contributed by atoms with Crippen LogP contribution in [0.25, 0.3) is 0 Å². The molecule has 0 unspecified atom stereocenters. The number of aromatic nitrogens is 2. The molecule has 0 aromatic carbocycles. The van der Waals surface area contributed by atoms with Crippen molar-refractivity contribution in [1.29, 1.82) is 0 Å². The SMILES string of the molecule is C=C(C)Nc1ccc(C#CC)nn1. The van der Waals surface area contributed by atoms with Crippen LogP contribution < -0.4 is 5.32 Å². The molecule has 0 radical (unpaired) electrons. The molecule has 0 aliphatic carbocycles. The van der Waals surface area contributed by atoms with E-state index in [1.54, 1.807) is 6.92 Å². The molecule has 13 heavy (non-hydrogen) atoms. The van der Waals surface area contributed by atoms with Gasteiger partial charge in [0.05, 0.1) is 0 Å². The fraction of sp³-hybridized carbons (Fsp3) is 0.200. The van der Waals surface area contributed by atoms with Crippen molar-refractivity contribution in [2.45, 2.75) is 13.8 Å². The molecule has 0 amide bonds. The highest BCUT2D eigenvalue weighted by Gasteiger charge is 1.93. The Kier molecular flexibility index (Phi) is 3.04. The summed E-state index contributed by atoms with van der Waals surface area (Å²) in [7, 11) is 0. The molecule has 1 aromatic rings. The minimum absolute atomic E-state index is 0.676. The second kappa shape index (κ2) is 4.27. The number of nitrogens with zero attached hydrogens (tertiary/aromatic N) is 2. The van der Waals surface area contributed by atoms with Crippen LogP contribution >= 0.6 is 0 Å². The lowest BCUT2D eigenvalue weighted by molar-refractivity contribution is 1.01. The number of hydrogen-bond donors (Lipinski definition) is 1. The van der Waals surface area contributed by atoms with Gasteiger partial charge in [0.25, 0.3) is 0 Å². The Balaban J connectivity index is 2.79. The number of anilines is 1. The fourth-order valence-electron chi connectivity index (χ4n) is 0.812. The first-order valence-electron chi connectivity index (χ1n) is 3.91. The summed E-state index contributed by atoms with van der Waals surface area (Å²) in [6, 6.07) is 3.64. The lowest BCUT2D eigenvalue weighted by Gasteiger charge is -2.01. The molecule has 1 rings (SSSR count). The topological polar surface area (TPSA) is 37.8 Å². The molecule has 0 saturated heterocycles. The maximum atomic E-state index is 3.91. The van der Waals surface area contributed by atoms with E-state index < -0.39 is 0 Å². The molecule has 1 aromatic heterocycles. The van der Waals surface area contributed by atoms with E-state index in [2.05, 4.69) is 33.9 Å². The Hall–Kier alpha value is -1.82.